The third kappa shape index (κ3) is 2.67. The summed E-state index contributed by atoms with van der Waals surface area (Å²) in [4.78, 5) is 13.3. The van der Waals surface area contributed by atoms with Gasteiger partial charge in [0.1, 0.15) is 5.76 Å². The highest BCUT2D eigenvalue weighted by Gasteiger charge is 2.35. The van der Waals surface area contributed by atoms with Gasteiger partial charge >= 0.3 is 5.97 Å². The Hall–Kier alpha value is -1.33. The minimum absolute atomic E-state index is 0.0162. The van der Waals surface area contributed by atoms with E-state index in [2.05, 4.69) is 10.2 Å². The summed E-state index contributed by atoms with van der Waals surface area (Å²) in [5.41, 5.74) is 0. The second-order valence-corrected chi connectivity index (χ2v) is 5.45. The zero-order valence-electron chi connectivity index (χ0n) is 11.0. The highest BCUT2D eigenvalue weighted by molar-refractivity contribution is 5.84. The maximum absolute atomic E-state index is 10.7. The minimum Gasteiger partial charge on any atom is -0.475 e. The lowest BCUT2D eigenvalue weighted by Gasteiger charge is -2.32. The number of carboxylic acids is 1. The summed E-state index contributed by atoms with van der Waals surface area (Å²) in [6.45, 7) is 3.02. The molecule has 0 bridgehead atoms. The van der Waals surface area contributed by atoms with Crippen molar-refractivity contribution in [3.05, 3.63) is 23.7 Å². The van der Waals surface area contributed by atoms with Gasteiger partial charge in [-0.15, -0.1) is 0 Å². The Kier molecular flexibility index (Phi) is 3.57. The number of aromatic carboxylic acids is 1. The van der Waals surface area contributed by atoms with Gasteiger partial charge in [0.2, 0.25) is 5.76 Å². The molecule has 3 heterocycles. The summed E-state index contributed by atoms with van der Waals surface area (Å²) >= 11 is 0. The van der Waals surface area contributed by atoms with Crippen LogP contribution in [-0.4, -0.2) is 41.1 Å². The number of nitrogens with zero attached hydrogens (tertiary/aromatic N) is 1. The van der Waals surface area contributed by atoms with E-state index in [1.54, 1.807) is 6.07 Å². The van der Waals surface area contributed by atoms with Crippen molar-refractivity contribution in [3.8, 4) is 0 Å². The fraction of sp³-hybridized carbons (Fsp3) is 0.643. The maximum atomic E-state index is 10.7. The molecule has 1 aromatic heterocycles. The molecule has 0 amide bonds. The van der Waals surface area contributed by atoms with Crippen LogP contribution in [0.15, 0.2) is 16.5 Å². The molecule has 0 aromatic carbocycles. The predicted molar refractivity (Wildman–Crippen MR) is 70.1 cm³/mol. The Bertz CT molecular complexity index is 457. The van der Waals surface area contributed by atoms with Gasteiger partial charge in [0.05, 0.1) is 6.54 Å². The molecule has 1 aromatic rings. The van der Waals surface area contributed by atoms with Gasteiger partial charge in [-0.25, -0.2) is 4.79 Å². The van der Waals surface area contributed by atoms with Crippen LogP contribution < -0.4 is 5.32 Å². The van der Waals surface area contributed by atoms with Gasteiger partial charge in [-0.1, -0.05) is 6.42 Å². The van der Waals surface area contributed by atoms with Crippen LogP contribution in [0.3, 0.4) is 0 Å². The van der Waals surface area contributed by atoms with E-state index < -0.39 is 5.97 Å². The van der Waals surface area contributed by atoms with Crippen molar-refractivity contribution in [1.82, 2.24) is 10.2 Å². The second kappa shape index (κ2) is 5.35. The second-order valence-electron chi connectivity index (χ2n) is 5.45. The predicted octanol–water partition coefficient (Wildman–Crippen LogP) is 1.69. The van der Waals surface area contributed by atoms with Gasteiger partial charge in [-0.3, -0.25) is 4.90 Å². The molecule has 2 N–H and O–H groups in total. The van der Waals surface area contributed by atoms with E-state index in [0.717, 1.165) is 0 Å². The van der Waals surface area contributed by atoms with Crippen molar-refractivity contribution in [1.29, 1.82) is 0 Å². The Labute approximate surface area is 112 Å². The molecule has 19 heavy (non-hydrogen) atoms. The first-order valence-electron chi connectivity index (χ1n) is 7.03. The molecule has 2 aliphatic rings. The van der Waals surface area contributed by atoms with Crippen LogP contribution in [0.5, 0.6) is 0 Å². The average Bonchev–Trinajstić information content (AvgIpc) is 3.03. The Morgan fingerprint density at radius 3 is 3.05 bits per heavy atom. The monoisotopic (exact) mass is 264 g/mol. The zero-order valence-corrected chi connectivity index (χ0v) is 11.0. The van der Waals surface area contributed by atoms with Crippen molar-refractivity contribution in [3.63, 3.8) is 0 Å². The number of nitrogens with one attached hydrogen (secondary N) is 1. The molecule has 104 valence electrons. The van der Waals surface area contributed by atoms with Gasteiger partial charge in [0.15, 0.2) is 0 Å². The fourth-order valence-electron chi connectivity index (χ4n) is 3.31. The van der Waals surface area contributed by atoms with E-state index >= 15 is 0 Å². The molecule has 2 aliphatic heterocycles. The Morgan fingerprint density at radius 2 is 2.26 bits per heavy atom. The molecule has 0 aliphatic carbocycles. The smallest absolute Gasteiger partial charge is 0.371 e. The molecule has 3 rings (SSSR count). The summed E-state index contributed by atoms with van der Waals surface area (Å²) in [6, 6.07) is 4.42. The number of carbonyl (C=O) groups is 1. The lowest BCUT2D eigenvalue weighted by Crippen LogP contribution is -2.44. The molecule has 5 heteroatoms. The van der Waals surface area contributed by atoms with Crippen molar-refractivity contribution in [2.45, 2.75) is 44.3 Å². The normalized spacial score (nSPS) is 27.4. The fourth-order valence-corrected chi connectivity index (χ4v) is 3.31. The molecule has 5 nitrogen and oxygen atoms in total. The molecule has 0 spiro atoms. The molecule has 2 atom stereocenters. The van der Waals surface area contributed by atoms with E-state index in [1.807, 2.05) is 0 Å². The molecular weight excluding hydrogens is 244 g/mol. The highest BCUT2D eigenvalue weighted by Crippen LogP contribution is 2.27. The number of piperidine rings is 1. The highest BCUT2D eigenvalue weighted by atomic mass is 16.4. The van der Waals surface area contributed by atoms with E-state index in [0.29, 0.717) is 24.4 Å². The summed E-state index contributed by atoms with van der Waals surface area (Å²) < 4.78 is 5.27. The van der Waals surface area contributed by atoms with Gasteiger partial charge in [0.25, 0.3) is 0 Å². The first-order chi connectivity index (χ1) is 9.24. The third-order valence-corrected chi connectivity index (χ3v) is 4.27. The third-order valence-electron chi connectivity index (χ3n) is 4.27. The van der Waals surface area contributed by atoms with Crippen LogP contribution in [-0.2, 0) is 6.54 Å². The van der Waals surface area contributed by atoms with Crippen molar-refractivity contribution >= 4 is 5.97 Å². The van der Waals surface area contributed by atoms with Crippen molar-refractivity contribution in [2.24, 2.45) is 0 Å². The minimum atomic E-state index is -1.01. The average molecular weight is 264 g/mol. The van der Waals surface area contributed by atoms with Crippen LogP contribution in [0.2, 0.25) is 0 Å². The molecule has 2 saturated heterocycles. The van der Waals surface area contributed by atoms with Crippen LogP contribution in [0.1, 0.15) is 42.0 Å². The molecule has 2 unspecified atom stereocenters. The number of furan rings is 1. The maximum Gasteiger partial charge on any atom is 0.371 e. The van der Waals surface area contributed by atoms with E-state index in [9.17, 15) is 4.79 Å². The zero-order chi connectivity index (χ0) is 13.2. The Balaban J connectivity index is 1.55. The Morgan fingerprint density at radius 1 is 1.37 bits per heavy atom. The van der Waals surface area contributed by atoms with Gasteiger partial charge in [-0.2, -0.15) is 0 Å². The summed E-state index contributed by atoms with van der Waals surface area (Å²) in [5, 5.41) is 12.3. The van der Waals surface area contributed by atoms with Crippen molar-refractivity contribution < 1.29 is 14.3 Å². The van der Waals surface area contributed by atoms with Gasteiger partial charge < -0.3 is 14.8 Å². The molecule has 0 radical (unpaired) electrons. The molecular formula is C14H20N2O3. The number of fused-ring (bicyclic) bond motifs is 1. The molecule has 2 fully saturated rings. The topological polar surface area (TPSA) is 65.7 Å². The summed E-state index contributed by atoms with van der Waals surface area (Å²) in [5.74, 6) is -0.292. The SMILES string of the molecule is O=C(O)c1ccc(CNC2CCN3CCCCC23)o1. The number of rotatable bonds is 4. The lowest BCUT2D eigenvalue weighted by molar-refractivity contribution is 0.0660. The van der Waals surface area contributed by atoms with Crippen LogP contribution in [0.25, 0.3) is 0 Å². The first kappa shape index (κ1) is 12.7. The van der Waals surface area contributed by atoms with Crippen LogP contribution in [0, 0.1) is 0 Å². The summed E-state index contributed by atoms with van der Waals surface area (Å²) in [7, 11) is 0. The largest absolute Gasteiger partial charge is 0.475 e. The lowest BCUT2D eigenvalue weighted by atomic mass is 9.99. The van der Waals surface area contributed by atoms with E-state index in [1.165, 1.54) is 44.8 Å². The standard InChI is InChI=1S/C14H20N2O3/c17-14(18)13-5-4-10(19-13)9-15-11-6-8-16-7-2-1-3-12(11)16/h4-5,11-12,15H,1-3,6-9H2,(H,17,18). The van der Waals surface area contributed by atoms with Crippen LogP contribution >= 0.6 is 0 Å². The first-order valence-corrected chi connectivity index (χ1v) is 7.03. The summed E-state index contributed by atoms with van der Waals surface area (Å²) in [6.07, 6.45) is 5.10. The molecule has 0 saturated carbocycles. The number of carboxylic acid groups (broad SMARTS) is 1. The van der Waals surface area contributed by atoms with Gasteiger partial charge in [-0.05, 0) is 37.9 Å². The number of hydrogen-bond acceptors (Lipinski definition) is 4. The van der Waals surface area contributed by atoms with Crippen LogP contribution in [0.4, 0.5) is 0 Å². The van der Waals surface area contributed by atoms with Crippen molar-refractivity contribution in [2.75, 3.05) is 13.1 Å². The number of hydrogen-bond donors (Lipinski definition) is 2. The van der Waals surface area contributed by atoms with E-state index in [4.69, 9.17) is 9.52 Å². The quantitative estimate of drug-likeness (QED) is 0.866. The van der Waals surface area contributed by atoms with E-state index in [-0.39, 0.29) is 5.76 Å². The van der Waals surface area contributed by atoms with Gasteiger partial charge in [0, 0.05) is 18.6 Å².